The van der Waals surface area contributed by atoms with Crippen LogP contribution in [0.5, 0.6) is 0 Å². The molecule has 0 radical (unpaired) electrons. The van der Waals surface area contributed by atoms with Crippen LogP contribution in [0.4, 0.5) is 0 Å². The summed E-state index contributed by atoms with van der Waals surface area (Å²) in [7, 11) is 0. The second-order valence-electron chi connectivity index (χ2n) is 5.21. The van der Waals surface area contributed by atoms with E-state index in [2.05, 4.69) is 5.16 Å². The van der Waals surface area contributed by atoms with Crippen molar-refractivity contribution in [2.24, 2.45) is 0 Å². The second-order valence-corrected chi connectivity index (χ2v) is 5.21. The van der Waals surface area contributed by atoms with Crippen molar-refractivity contribution >= 4 is 5.91 Å². The number of carbonyl (C=O) groups excluding carboxylic acids is 1. The Hall–Kier alpha value is -2.04. The van der Waals surface area contributed by atoms with Gasteiger partial charge in [0.15, 0.2) is 11.5 Å². The van der Waals surface area contributed by atoms with Crippen molar-refractivity contribution in [1.29, 1.82) is 0 Å². The Kier molecular flexibility index (Phi) is 3.58. The molecule has 5 nitrogen and oxygen atoms in total. The molecule has 2 aromatic rings. The van der Waals surface area contributed by atoms with Crippen LogP contribution in [0.3, 0.4) is 0 Å². The summed E-state index contributed by atoms with van der Waals surface area (Å²) in [6.07, 6.45) is 5.66. The lowest BCUT2D eigenvalue weighted by atomic mass is 10.1. The third-order valence-electron chi connectivity index (χ3n) is 3.72. The predicted octanol–water partition coefficient (Wildman–Crippen LogP) is 3.33. The molecule has 0 spiro atoms. The maximum Gasteiger partial charge on any atom is 0.290 e. The molecule has 5 heteroatoms. The molecule has 1 aliphatic rings. The van der Waals surface area contributed by atoms with Crippen LogP contribution in [0, 0.1) is 6.92 Å². The minimum Gasteiger partial charge on any atom is -0.459 e. The largest absolute Gasteiger partial charge is 0.459 e. The Labute approximate surface area is 117 Å². The fourth-order valence-corrected chi connectivity index (χ4v) is 2.73. The SMILES string of the molecule is Cc1cc([C@@H]2CCCCCN2C(=O)c2ccco2)on1. The van der Waals surface area contributed by atoms with Gasteiger partial charge in [-0.2, -0.15) is 0 Å². The highest BCUT2D eigenvalue weighted by Gasteiger charge is 2.31. The predicted molar refractivity (Wildman–Crippen MR) is 72.2 cm³/mol. The van der Waals surface area contributed by atoms with Gasteiger partial charge >= 0.3 is 0 Å². The van der Waals surface area contributed by atoms with E-state index in [1.165, 1.54) is 6.26 Å². The number of hydrogen-bond acceptors (Lipinski definition) is 4. The molecule has 1 amide bonds. The second kappa shape index (κ2) is 5.53. The Morgan fingerprint density at radius 1 is 1.40 bits per heavy atom. The number of nitrogens with zero attached hydrogens (tertiary/aromatic N) is 2. The Morgan fingerprint density at radius 2 is 2.30 bits per heavy atom. The number of rotatable bonds is 2. The van der Waals surface area contributed by atoms with Crippen molar-refractivity contribution in [3.05, 3.63) is 41.7 Å². The lowest BCUT2D eigenvalue weighted by Crippen LogP contribution is -2.34. The molecule has 0 N–H and O–H groups in total. The number of aryl methyl sites for hydroxylation is 1. The van der Waals surface area contributed by atoms with Crippen LogP contribution in [-0.4, -0.2) is 22.5 Å². The van der Waals surface area contributed by atoms with Gasteiger partial charge in [-0.25, -0.2) is 0 Å². The molecule has 3 rings (SSSR count). The maximum atomic E-state index is 12.6. The lowest BCUT2D eigenvalue weighted by molar-refractivity contribution is 0.0618. The van der Waals surface area contributed by atoms with Crippen molar-refractivity contribution in [1.82, 2.24) is 10.1 Å². The summed E-state index contributed by atoms with van der Waals surface area (Å²) in [4.78, 5) is 14.4. The first kappa shape index (κ1) is 13.0. The zero-order valence-corrected chi connectivity index (χ0v) is 11.5. The number of aromatic nitrogens is 1. The number of amides is 1. The molecule has 0 aromatic carbocycles. The number of likely N-dealkylation sites (tertiary alicyclic amines) is 1. The van der Waals surface area contributed by atoms with Gasteiger partial charge in [-0.05, 0) is 31.9 Å². The van der Waals surface area contributed by atoms with Crippen LogP contribution in [0.15, 0.2) is 33.4 Å². The number of carbonyl (C=O) groups is 1. The van der Waals surface area contributed by atoms with Crippen LogP contribution in [0.2, 0.25) is 0 Å². The zero-order valence-electron chi connectivity index (χ0n) is 11.5. The van der Waals surface area contributed by atoms with Crippen LogP contribution >= 0.6 is 0 Å². The van der Waals surface area contributed by atoms with Crippen LogP contribution < -0.4 is 0 Å². The maximum absolute atomic E-state index is 12.6. The van der Waals surface area contributed by atoms with E-state index >= 15 is 0 Å². The van der Waals surface area contributed by atoms with E-state index in [0.29, 0.717) is 5.76 Å². The van der Waals surface area contributed by atoms with Crippen molar-refractivity contribution in [2.75, 3.05) is 6.54 Å². The Bertz CT molecular complexity index is 574. The monoisotopic (exact) mass is 274 g/mol. The number of hydrogen-bond donors (Lipinski definition) is 0. The molecule has 0 bridgehead atoms. The van der Waals surface area contributed by atoms with Crippen molar-refractivity contribution in [3.8, 4) is 0 Å². The molecule has 106 valence electrons. The number of furan rings is 1. The first-order valence-electron chi connectivity index (χ1n) is 7.03. The fraction of sp³-hybridized carbons (Fsp3) is 0.467. The fourth-order valence-electron chi connectivity index (χ4n) is 2.73. The normalized spacial score (nSPS) is 19.9. The highest BCUT2D eigenvalue weighted by Crippen LogP contribution is 2.31. The van der Waals surface area contributed by atoms with E-state index in [9.17, 15) is 4.79 Å². The molecular formula is C15H18N2O3. The molecular weight excluding hydrogens is 256 g/mol. The molecule has 20 heavy (non-hydrogen) atoms. The smallest absolute Gasteiger partial charge is 0.290 e. The topological polar surface area (TPSA) is 59.5 Å². The first-order valence-corrected chi connectivity index (χ1v) is 7.03. The third kappa shape index (κ3) is 2.48. The quantitative estimate of drug-likeness (QED) is 0.842. The molecule has 1 fully saturated rings. The van der Waals surface area contributed by atoms with E-state index < -0.39 is 0 Å². The van der Waals surface area contributed by atoms with Crippen LogP contribution in [0.1, 0.15) is 53.7 Å². The third-order valence-corrected chi connectivity index (χ3v) is 3.72. The van der Waals surface area contributed by atoms with Crippen LogP contribution in [0.25, 0.3) is 0 Å². The van der Waals surface area contributed by atoms with E-state index in [0.717, 1.165) is 43.7 Å². The molecule has 1 aliphatic heterocycles. The summed E-state index contributed by atoms with van der Waals surface area (Å²) in [5.74, 6) is 1.08. The van der Waals surface area contributed by atoms with Gasteiger partial charge in [0, 0.05) is 12.6 Å². The average Bonchev–Trinajstić information content (AvgIpc) is 3.05. The summed E-state index contributed by atoms with van der Waals surface area (Å²) in [5, 5.41) is 3.94. The molecule has 3 heterocycles. The van der Waals surface area contributed by atoms with Gasteiger partial charge in [0.25, 0.3) is 5.91 Å². The molecule has 2 aromatic heterocycles. The van der Waals surface area contributed by atoms with Crippen molar-refractivity contribution in [3.63, 3.8) is 0 Å². The van der Waals surface area contributed by atoms with Gasteiger partial charge in [-0.3, -0.25) is 4.79 Å². The highest BCUT2D eigenvalue weighted by atomic mass is 16.5. The van der Waals surface area contributed by atoms with E-state index in [1.807, 2.05) is 17.9 Å². The van der Waals surface area contributed by atoms with Gasteiger partial charge < -0.3 is 13.8 Å². The lowest BCUT2D eigenvalue weighted by Gasteiger charge is -2.27. The standard InChI is InChI=1S/C15H18N2O3/c1-11-10-14(20-16-11)12-6-3-2-4-8-17(12)15(18)13-7-5-9-19-13/h5,7,9-10,12H,2-4,6,8H2,1H3/t12-/m0/s1. The minimum absolute atomic E-state index is 0.0451. The van der Waals surface area contributed by atoms with Gasteiger partial charge in [0.1, 0.15) is 0 Å². The minimum atomic E-state index is -0.0732. The van der Waals surface area contributed by atoms with Gasteiger partial charge in [-0.15, -0.1) is 0 Å². The summed E-state index contributed by atoms with van der Waals surface area (Å²) < 4.78 is 10.6. The van der Waals surface area contributed by atoms with Crippen molar-refractivity contribution < 1.29 is 13.7 Å². The Morgan fingerprint density at radius 3 is 3.00 bits per heavy atom. The van der Waals surface area contributed by atoms with E-state index in [1.54, 1.807) is 12.1 Å². The summed E-state index contributed by atoms with van der Waals surface area (Å²) in [6, 6.07) is 5.31. The summed E-state index contributed by atoms with van der Waals surface area (Å²) >= 11 is 0. The summed E-state index contributed by atoms with van der Waals surface area (Å²) in [5.41, 5.74) is 0.842. The summed E-state index contributed by atoms with van der Waals surface area (Å²) in [6.45, 7) is 2.62. The molecule has 0 unspecified atom stereocenters. The molecule has 0 aliphatic carbocycles. The first-order chi connectivity index (χ1) is 9.75. The van der Waals surface area contributed by atoms with E-state index in [4.69, 9.17) is 8.94 Å². The molecule has 1 saturated heterocycles. The highest BCUT2D eigenvalue weighted by molar-refractivity contribution is 5.91. The zero-order chi connectivity index (χ0) is 13.9. The van der Waals surface area contributed by atoms with E-state index in [-0.39, 0.29) is 11.9 Å². The van der Waals surface area contributed by atoms with Crippen LogP contribution in [-0.2, 0) is 0 Å². The Balaban J connectivity index is 1.89. The van der Waals surface area contributed by atoms with Gasteiger partial charge in [0.05, 0.1) is 18.0 Å². The average molecular weight is 274 g/mol. The van der Waals surface area contributed by atoms with Gasteiger partial charge in [0.2, 0.25) is 0 Å². The molecule has 1 atom stereocenters. The van der Waals surface area contributed by atoms with Gasteiger partial charge in [-0.1, -0.05) is 18.0 Å². The van der Waals surface area contributed by atoms with Crippen molar-refractivity contribution in [2.45, 2.75) is 38.6 Å². The molecule has 0 saturated carbocycles.